The molecule has 9 nitrogen and oxygen atoms in total. The number of sulfone groups is 1. The first-order valence-electron chi connectivity index (χ1n) is 9.74. The monoisotopic (exact) mass is 437 g/mol. The van der Waals surface area contributed by atoms with Crippen molar-refractivity contribution in [3.8, 4) is 5.75 Å². The minimum atomic E-state index is -3.24. The third-order valence-electron chi connectivity index (χ3n) is 4.60. The molecular formula is C20H27N3O6S. The highest BCUT2D eigenvalue weighted by Crippen LogP contribution is 2.28. The van der Waals surface area contributed by atoms with E-state index < -0.39 is 15.4 Å². The molecule has 1 aromatic carbocycles. The van der Waals surface area contributed by atoms with Gasteiger partial charge in [0.05, 0.1) is 4.90 Å². The molecule has 1 saturated heterocycles. The number of rotatable bonds is 5. The molecule has 0 bridgehead atoms. The van der Waals surface area contributed by atoms with Crippen molar-refractivity contribution in [2.75, 3.05) is 19.3 Å². The number of amides is 1. The van der Waals surface area contributed by atoms with Gasteiger partial charge in [0, 0.05) is 25.3 Å². The molecule has 1 aliphatic rings. The van der Waals surface area contributed by atoms with Crippen LogP contribution < -0.4 is 4.74 Å². The van der Waals surface area contributed by atoms with E-state index >= 15 is 0 Å². The predicted molar refractivity (Wildman–Crippen MR) is 108 cm³/mol. The van der Waals surface area contributed by atoms with Crippen molar-refractivity contribution in [3.63, 3.8) is 0 Å². The van der Waals surface area contributed by atoms with Gasteiger partial charge in [0.15, 0.2) is 16.4 Å². The lowest BCUT2D eigenvalue weighted by Crippen LogP contribution is -2.41. The third kappa shape index (κ3) is 5.94. The Morgan fingerprint density at radius 1 is 1.20 bits per heavy atom. The molecule has 0 unspecified atom stereocenters. The van der Waals surface area contributed by atoms with Gasteiger partial charge < -0.3 is 18.9 Å². The van der Waals surface area contributed by atoms with Crippen molar-refractivity contribution in [2.45, 2.75) is 56.6 Å². The lowest BCUT2D eigenvalue weighted by Gasteiger charge is -2.32. The number of piperidine rings is 1. The van der Waals surface area contributed by atoms with Crippen molar-refractivity contribution >= 4 is 15.9 Å². The summed E-state index contributed by atoms with van der Waals surface area (Å²) < 4.78 is 39.4. The van der Waals surface area contributed by atoms with Gasteiger partial charge >= 0.3 is 6.09 Å². The summed E-state index contributed by atoms with van der Waals surface area (Å²) in [5.74, 6) is 1.54. The van der Waals surface area contributed by atoms with Gasteiger partial charge in [-0.2, -0.15) is 4.98 Å². The van der Waals surface area contributed by atoms with Crippen LogP contribution >= 0.6 is 0 Å². The van der Waals surface area contributed by atoms with Gasteiger partial charge in [-0.15, -0.1) is 0 Å². The minimum Gasteiger partial charge on any atom is -0.485 e. The van der Waals surface area contributed by atoms with Gasteiger partial charge in [0.1, 0.15) is 11.4 Å². The number of likely N-dealkylation sites (tertiary alicyclic amines) is 1. The number of hydrogen-bond acceptors (Lipinski definition) is 8. The summed E-state index contributed by atoms with van der Waals surface area (Å²) in [5.41, 5.74) is -0.513. The lowest BCUT2D eigenvalue weighted by molar-refractivity contribution is 0.0198. The maximum absolute atomic E-state index is 12.2. The molecule has 2 heterocycles. The first-order valence-corrected chi connectivity index (χ1v) is 11.6. The molecular weight excluding hydrogens is 410 g/mol. The Bertz CT molecular complexity index is 971. The van der Waals surface area contributed by atoms with Gasteiger partial charge in [-0.05, 0) is 57.9 Å². The van der Waals surface area contributed by atoms with Crippen LogP contribution in [0.2, 0.25) is 0 Å². The first-order chi connectivity index (χ1) is 14.0. The van der Waals surface area contributed by atoms with E-state index in [1.54, 1.807) is 17.0 Å². The summed E-state index contributed by atoms with van der Waals surface area (Å²) in [5, 5.41) is 3.95. The standard InChI is InChI=1S/C20H27N3O6S/c1-20(2,3)28-19(24)23-11-9-14(10-12-23)18-21-17(22-29-18)13-27-15-5-7-16(8-6-15)30(4,25)26/h5-8,14H,9-13H2,1-4H3. The number of hydrogen-bond donors (Lipinski definition) is 0. The Labute approximate surface area is 176 Å². The van der Waals surface area contributed by atoms with Crippen LogP contribution in [0.5, 0.6) is 5.75 Å². The average Bonchev–Trinajstić information content (AvgIpc) is 3.14. The van der Waals surface area contributed by atoms with Crippen LogP contribution in [0, 0.1) is 0 Å². The molecule has 1 aromatic heterocycles. The summed E-state index contributed by atoms with van der Waals surface area (Å²) in [7, 11) is -3.24. The van der Waals surface area contributed by atoms with Crippen molar-refractivity contribution < 1.29 is 27.2 Å². The highest BCUT2D eigenvalue weighted by Gasteiger charge is 2.30. The molecule has 1 aliphatic heterocycles. The van der Waals surface area contributed by atoms with Crippen LogP contribution in [-0.2, 0) is 21.2 Å². The number of carbonyl (C=O) groups is 1. The Morgan fingerprint density at radius 3 is 2.40 bits per heavy atom. The van der Waals surface area contributed by atoms with Gasteiger partial charge in [0.2, 0.25) is 11.7 Å². The van der Waals surface area contributed by atoms with E-state index in [0.29, 0.717) is 43.4 Å². The summed E-state index contributed by atoms with van der Waals surface area (Å²) in [4.78, 5) is 18.5. The van der Waals surface area contributed by atoms with Crippen LogP contribution in [0.1, 0.15) is 51.2 Å². The lowest BCUT2D eigenvalue weighted by atomic mass is 9.97. The van der Waals surface area contributed by atoms with Crippen molar-refractivity contribution in [1.82, 2.24) is 15.0 Å². The summed E-state index contributed by atoms with van der Waals surface area (Å²) in [6, 6.07) is 6.16. The quantitative estimate of drug-likeness (QED) is 0.701. The molecule has 1 fully saturated rings. The summed E-state index contributed by atoms with van der Waals surface area (Å²) >= 11 is 0. The maximum atomic E-state index is 12.2. The normalized spacial score (nSPS) is 15.8. The molecule has 0 aliphatic carbocycles. The van der Waals surface area contributed by atoms with E-state index in [1.807, 2.05) is 20.8 Å². The van der Waals surface area contributed by atoms with E-state index in [0.717, 1.165) is 6.26 Å². The number of aromatic nitrogens is 2. The van der Waals surface area contributed by atoms with E-state index in [9.17, 15) is 13.2 Å². The summed E-state index contributed by atoms with van der Waals surface area (Å²) in [6.45, 7) is 6.79. The Hall–Kier alpha value is -2.62. The van der Waals surface area contributed by atoms with Crippen molar-refractivity contribution in [1.29, 1.82) is 0 Å². The molecule has 3 rings (SSSR count). The molecule has 2 aromatic rings. The van der Waals surface area contributed by atoms with Gasteiger partial charge in [-0.25, -0.2) is 13.2 Å². The fraction of sp³-hybridized carbons (Fsp3) is 0.550. The highest BCUT2D eigenvalue weighted by atomic mass is 32.2. The van der Waals surface area contributed by atoms with Crippen LogP contribution in [0.3, 0.4) is 0 Å². The molecule has 0 spiro atoms. The van der Waals surface area contributed by atoms with Crippen LogP contribution in [0.25, 0.3) is 0 Å². The summed E-state index contributed by atoms with van der Waals surface area (Å²) in [6.07, 6.45) is 2.29. The van der Waals surface area contributed by atoms with Crippen molar-refractivity contribution in [3.05, 3.63) is 36.0 Å². The Morgan fingerprint density at radius 2 is 1.83 bits per heavy atom. The second-order valence-corrected chi connectivity index (χ2v) is 10.3. The third-order valence-corrected chi connectivity index (χ3v) is 5.73. The Kier molecular flexibility index (Phi) is 6.35. The SMILES string of the molecule is CC(C)(C)OC(=O)N1CCC(c2nc(COc3ccc(S(C)(=O)=O)cc3)no2)CC1. The van der Waals surface area contributed by atoms with E-state index in [4.69, 9.17) is 14.0 Å². The predicted octanol–water partition coefficient (Wildman–Crippen LogP) is 3.17. The van der Waals surface area contributed by atoms with Gasteiger partial charge in [-0.3, -0.25) is 0 Å². The average molecular weight is 438 g/mol. The van der Waals surface area contributed by atoms with Crippen LogP contribution in [0.15, 0.2) is 33.7 Å². The number of benzene rings is 1. The number of carbonyl (C=O) groups excluding carboxylic acids is 1. The fourth-order valence-electron chi connectivity index (χ4n) is 3.06. The number of nitrogens with zero attached hydrogens (tertiary/aromatic N) is 3. The zero-order valence-corrected chi connectivity index (χ0v) is 18.4. The fourth-order valence-corrected chi connectivity index (χ4v) is 3.69. The van der Waals surface area contributed by atoms with E-state index in [2.05, 4.69) is 10.1 Å². The zero-order chi connectivity index (χ0) is 21.9. The maximum Gasteiger partial charge on any atom is 0.410 e. The zero-order valence-electron chi connectivity index (χ0n) is 17.6. The van der Waals surface area contributed by atoms with Gasteiger partial charge in [0.25, 0.3) is 0 Å². The van der Waals surface area contributed by atoms with Gasteiger partial charge in [-0.1, -0.05) is 5.16 Å². The molecule has 0 N–H and O–H groups in total. The second kappa shape index (κ2) is 8.63. The molecule has 30 heavy (non-hydrogen) atoms. The van der Waals surface area contributed by atoms with E-state index in [1.165, 1.54) is 12.1 Å². The molecule has 0 saturated carbocycles. The van der Waals surface area contributed by atoms with Crippen LogP contribution in [-0.4, -0.2) is 54.5 Å². The van der Waals surface area contributed by atoms with E-state index in [-0.39, 0.29) is 23.5 Å². The molecule has 164 valence electrons. The largest absolute Gasteiger partial charge is 0.485 e. The van der Waals surface area contributed by atoms with Crippen molar-refractivity contribution in [2.24, 2.45) is 0 Å². The highest BCUT2D eigenvalue weighted by molar-refractivity contribution is 7.90. The Balaban J connectivity index is 1.50. The molecule has 10 heteroatoms. The first kappa shape index (κ1) is 22.1. The molecule has 0 radical (unpaired) electrons. The molecule has 0 atom stereocenters. The minimum absolute atomic E-state index is 0.0824. The topological polar surface area (TPSA) is 112 Å². The molecule has 1 amide bonds. The van der Waals surface area contributed by atoms with Crippen LogP contribution in [0.4, 0.5) is 4.79 Å². The smallest absolute Gasteiger partial charge is 0.410 e. The number of ether oxygens (including phenoxy) is 2. The second-order valence-electron chi connectivity index (χ2n) is 8.32.